The number of aliphatic imine (C=N–C) groups is 1. The van der Waals surface area contributed by atoms with Gasteiger partial charge in [-0.3, -0.25) is 14.5 Å². The molecule has 1 saturated heterocycles. The number of carbonyl (C=O) groups is 2. The molecule has 140 valence electrons. The Morgan fingerprint density at radius 1 is 1.30 bits per heavy atom. The van der Waals surface area contributed by atoms with Crippen LogP contribution in [0.4, 0.5) is 15.8 Å². The van der Waals surface area contributed by atoms with E-state index in [0.29, 0.717) is 22.3 Å². The number of benzene rings is 2. The predicted octanol–water partition coefficient (Wildman–Crippen LogP) is 3.42. The summed E-state index contributed by atoms with van der Waals surface area (Å²) in [6.07, 6.45) is 0.0460. The number of amidine groups is 1. The van der Waals surface area contributed by atoms with Gasteiger partial charge in [0.15, 0.2) is 5.17 Å². The number of nitrogens with zero attached hydrogens (tertiary/aromatic N) is 2. The third kappa shape index (κ3) is 4.46. The molecule has 2 amide bonds. The van der Waals surface area contributed by atoms with Crippen molar-refractivity contribution in [3.8, 4) is 5.75 Å². The van der Waals surface area contributed by atoms with E-state index in [1.54, 1.807) is 37.4 Å². The van der Waals surface area contributed by atoms with E-state index in [-0.39, 0.29) is 18.2 Å². The van der Waals surface area contributed by atoms with Gasteiger partial charge in [-0.2, -0.15) is 0 Å². The quantitative estimate of drug-likeness (QED) is 0.873. The molecule has 0 radical (unpaired) electrons. The minimum atomic E-state index is -0.647. The molecular weight excluding hydrogens is 369 g/mol. The predicted molar refractivity (Wildman–Crippen MR) is 104 cm³/mol. The van der Waals surface area contributed by atoms with E-state index < -0.39 is 11.1 Å². The maximum Gasteiger partial charge on any atom is 0.238 e. The van der Waals surface area contributed by atoms with Crippen molar-refractivity contribution in [2.45, 2.75) is 11.7 Å². The van der Waals surface area contributed by atoms with Gasteiger partial charge in [0.25, 0.3) is 0 Å². The Morgan fingerprint density at radius 2 is 2.07 bits per heavy atom. The number of methoxy groups -OCH3 is 1. The van der Waals surface area contributed by atoms with Crippen molar-refractivity contribution in [1.29, 1.82) is 0 Å². The third-order valence-electron chi connectivity index (χ3n) is 3.96. The summed E-state index contributed by atoms with van der Waals surface area (Å²) < 4.78 is 18.6. The highest BCUT2D eigenvalue weighted by Crippen LogP contribution is 2.30. The topological polar surface area (TPSA) is 71.0 Å². The lowest BCUT2D eigenvalue weighted by atomic mass is 10.2. The summed E-state index contributed by atoms with van der Waals surface area (Å²) in [5.74, 6) is -0.442. The maximum atomic E-state index is 13.4. The standard InChI is InChI=1S/C19H18FN3O3S/c1-23-17(24)11-16(18(25)22-14-8-3-4-9-15(14)26-2)27-19(23)21-13-7-5-6-12(20)10-13/h3-10,16H,11H2,1-2H3,(H,22,25)/t16-/m1/s1. The van der Waals surface area contributed by atoms with E-state index in [1.807, 2.05) is 0 Å². The molecule has 3 rings (SSSR count). The zero-order chi connectivity index (χ0) is 19.4. The first-order valence-electron chi connectivity index (χ1n) is 8.19. The molecule has 0 saturated carbocycles. The fraction of sp³-hybridized carbons (Fsp3) is 0.211. The van der Waals surface area contributed by atoms with Crippen LogP contribution in [0.15, 0.2) is 53.5 Å². The van der Waals surface area contributed by atoms with Gasteiger partial charge >= 0.3 is 0 Å². The number of amides is 2. The smallest absolute Gasteiger partial charge is 0.238 e. The Kier molecular flexibility index (Phi) is 5.75. The van der Waals surface area contributed by atoms with Crippen LogP contribution in [0, 0.1) is 5.82 Å². The summed E-state index contributed by atoms with van der Waals surface area (Å²) in [7, 11) is 3.10. The van der Waals surface area contributed by atoms with Crippen molar-refractivity contribution in [2.75, 3.05) is 19.5 Å². The van der Waals surface area contributed by atoms with Gasteiger partial charge in [-0.25, -0.2) is 9.38 Å². The van der Waals surface area contributed by atoms with Crippen LogP contribution in [-0.4, -0.2) is 41.3 Å². The second-order valence-electron chi connectivity index (χ2n) is 5.83. The molecule has 1 N–H and O–H groups in total. The van der Waals surface area contributed by atoms with E-state index >= 15 is 0 Å². The molecule has 0 unspecified atom stereocenters. The number of hydrogen-bond donors (Lipinski definition) is 1. The number of para-hydroxylation sites is 2. The van der Waals surface area contributed by atoms with Gasteiger partial charge in [-0.1, -0.05) is 30.0 Å². The second kappa shape index (κ2) is 8.22. The van der Waals surface area contributed by atoms with Crippen LogP contribution in [0.25, 0.3) is 0 Å². The van der Waals surface area contributed by atoms with E-state index in [2.05, 4.69) is 10.3 Å². The van der Waals surface area contributed by atoms with E-state index in [9.17, 15) is 14.0 Å². The first kappa shape index (κ1) is 18.9. The van der Waals surface area contributed by atoms with Crippen LogP contribution in [0.2, 0.25) is 0 Å². The molecule has 0 aromatic heterocycles. The van der Waals surface area contributed by atoms with Gasteiger partial charge in [-0.05, 0) is 30.3 Å². The van der Waals surface area contributed by atoms with Crippen molar-refractivity contribution in [3.05, 3.63) is 54.3 Å². The summed E-state index contributed by atoms with van der Waals surface area (Å²) in [5, 5.41) is 2.49. The van der Waals surface area contributed by atoms with Crippen molar-refractivity contribution < 1.29 is 18.7 Å². The van der Waals surface area contributed by atoms with Gasteiger partial charge in [0.1, 0.15) is 16.8 Å². The van der Waals surface area contributed by atoms with Crippen LogP contribution < -0.4 is 10.1 Å². The van der Waals surface area contributed by atoms with E-state index in [4.69, 9.17) is 4.74 Å². The van der Waals surface area contributed by atoms with Gasteiger partial charge in [0, 0.05) is 13.5 Å². The highest BCUT2D eigenvalue weighted by Gasteiger charge is 2.34. The summed E-state index contributed by atoms with van der Waals surface area (Å²) in [6, 6.07) is 12.8. The minimum Gasteiger partial charge on any atom is -0.495 e. The molecule has 1 atom stereocenters. The van der Waals surface area contributed by atoms with Gasteiger partial charge in [0.2, 0.25) is 11.8 Å². The Bertz CT molecular complexity index is 903. The lowest BCUT2D eigenvalue weighted by Gasteiger charge is -2.29. The Hall–Kier alpha value is -2.87. The summed E-state index contributed by atoms with van der Waals surface area (Å²) in [6.45, 7) is 0. The number of ether oxygens (including phenoxy) is 1. The second-order valence-corrected chi connectivity index (χ2v) is 7.00. The summed E-state index contributed by atoms with van der Waals surface area (Å²) >= 11 is 1.16. The molecule has 2 aromatic carbocycles. The fourth-order valence-corrected chi connectivity index (χ4v) is 3.58. The van der Waals surface area contributed by atoms with Crippen LogP contribution in [-0.2, 0) is 9.59 Å². The number of rotatable bonds is 4. The average Bonchev–Trinajstić information content (AvgIpc) is 2.65. The first-order chi connectivity index (χ1) is 13.0. The Labute approximate surface area is 160 Å². The molecule has 8 heteroatoms. The SMILES string of the molecule is COc1ccccc1NC(=O)[C@H]1CC(=O)N(C)C(=Nc2cccc(F)c2)S1. The number of anilines is 1. The monoisotopic (exact) mass is 387 g/mol. The number of carbonyl (C=O) groups excluding carboxylic acids is 2. The highest BCUT2D eigenvalue weighted by atomic mass is 32.2. The van der Waals surface area contributed by atoms with Crippen molar-refractivity contribution in [2.24, 2.45) is 4.99 Å². The number of hydrogen-bond acceptors (Lipinski definition) is 5. The molecule has 1 heterocycles. The molecule has 27 heavy (non-hydrogen) atoms. The first-order valence-corrected chi connectivity index (χ1v) is 9.07. The van der Waals surface area contributed by atoms with Crippen molar-refractivity contribution in [3.63, 3.8) is 0 Å². The molecule has 6 nitrogen and oxygen atoms in total. The van der Waals surface area contributed by atoms with Crippen LogP contribution in [0.3, 0.4) is 0 Å². The Balaban J connectivity index is 1.80. The molecule has 1 aliphatic rings. The number of thioether (sulfide) groups is 1. The molecular formula is C19H18FN3O3S. The molecule has 1 aliphatic heterocycles. The maximum absolute atomic E-state index is 13.4. The van der Waals surface area contributed by atoms with Gasteiger partial charge in [-0.15, -0.1) is 0 Å². The van der Waals surface area contributed by atoms with Crippen molar-refractivity contribution in [1.82, 2.24) is 4.90 Å². The van der Waals surface area contributed by atoms with Crippen molar-refractivity contribution >= 4 is 40.1 Å². The third-order valence-corrected chi connectivity index (χ3v) is 5.20. The Morgan fingerprint density at radius 3 is 2.81 bits per heavy atom. The number of halogens is 1. The highest BCUT2D eigenvalue weighted by molar-refractivity contribution is 8.15. The van der Waals surface area contributed by atoms with Crippen LogP contribution in [0.5, 0.6) is 5.75 Å². The lowest BCUT2D eigenvalue weighted by Crippen LogP contribution is -2.43. The minimum absolute atomic E-state index is 0.0460. The summed E-state index contributed by atoms with van der Waals surface area (Å²) in [5.41, 5.74) is 0.906. The molecule has 0 spiro atoms. The number of nitrogens with one attached hydrogen (secondary N) is 1. The fourth-order valence-electron chi connectivity index (χ4n) is 2.51. The molecule has 0 aliphatic carbocycles. The zero-order valence-corrected chi connectivity index (χ0v) is 15.6. The normalized spacial score (nSPS) is 18.5. The van der Waals surface area contributed by atoms with Crippen LogP contribution in [0.1, 0.15) is 6.42 Å². The van der Waals surface area contributed by atoms with E-state index in [1.165, 1.54) is 30.2 Å². The van der Waals surface area contributed by atoms with Gasteiger partial charge < -0.3 is 10.1 Å². The average molecular weight is 387 g/mol. The summed E-state index contributed by atoms with van der Waals surface area (Å²) in [4.78, 5) is 30.7. The molecule has 0 bridgehead atoms. The van der Waals surface area contributed by atoms with Gasteiger partial charge in [0.05, 0.1) is 18.5 Å². The van der Waals surface area contributed by atoms with Crippen LogP contribution >= 0.6 is 11.8 Å². The van der Waals surface area contributed by atoms with E-state index in [0.717, 1.165) is 11.8 Å². The lowest BCUT2D eigenvalue weighted by molar-refractivity contribution is -0.128. The molecule has 2 aromatic rings. The molecule has 1 fully saturated rings. The largest absolute Gasteiger partial charge is 0.495 e. The zero-order valence-electron chi connectivity index (χ0n) is 14.8.